The van der Waals surface area contributed by atoms with Gasteiger partial charge >= 0.3 is 0 Å². The van der Waals surface area contributed by atoms with Gasteiger partial charge in [-0.2, -0.15) is 11.3 Å². The van der Waals surface area contributed by atoms with Crippen molar-refractivity contribution in [3.05, 3.63) is 56.2 Å². The number of nitrogens with one attached hydrogen (secondary N) is 1. The first-order valence-corrected chi connectivity index (χ1v) is 8.07. The zero-order valence-electron chi connectivity index (χ0n) is 10.8. The quantitative estimate of drug-likeness (QED) is 0.806. The van der Waals surface area contributed by atoms with Crippen LogP contribution < -0.4 is 5.32 Å². The minimum atomic E-state index is 0.428. The SMILES string of the molecule is CCNC(Cc1ccsc1)Cc1ccc(Cl)c(Cl)c1. The van der Waals surface area contributed by atoms with Crippen molar-refractivity contribution in [1.29, 1.82) is 0 Å². The van der Waals surface area contributed by atoms with E-state index in [1.807, 2.05) is 18.2 Å². The zero-order chi connectivity index (χ0) is 13.7. The van der Waals surface area contributed by atoms with Crippen molar-refractivity contribution < 1.29 is 0 Å². The number of rotatable bonds is 6. The molecule has 0 amide bonds. The molecule has 0 aliphatic carbocycles. The fourth-order valence-electron chi connectivity index (χ4n) is 2.15. The Labute approximate surface area is 128 Å². The molecule has 4 heteroatoms. The Morgan fingerprint density at radius 3 is 2.53 bits per heavy atom. The van der Waals surface area contributed by atoms with E-state index in [4.69, 9.17) is 23.2 Å². The fourth-order valence-corrected chi connectivity index (χ4v) is 3.15. The summed E-state index contributed by atoms with van der Waals surface area (Å²) in [6, 6.07) is 8.49. The van der Waals surface area contributed by atoms with Crippen molar-refractivity contribution >= 4 is 34.5 Å². The van der Waals surface area contributed by atoms with E-state index in [1.54, 1.807) is 11.3 Å². The van der Waals surface area contributed by atoms with E-state index < -0.39 is 0 Å². The maximum Gasteiger partial charge on any atom is 0.0595 e. The molecule has 1 heterocycles. The summed E-state index contributed by atoms with van der Waals surface area (Å²) in [5.74, 6) is 0. The van der Waals surface area contributed by atoms with Gasteiger partial charge in [0, 0.05) is 6.04 Å². The van der Waals surface area contributed by atoms with E-state index in [0.29, 0.717) is 16.1 Å². The lowest BCUT2D eigenvalue weighted by Crippen LogP contribution is -2.32. The van der Waals surface area contributed by atoms with Crippen LogP contribution in [0, 0.1) is 0 Å². The van der Waals surface area contributed by atoms with Gasteiger partial charge in [-0.3, -0.25) is 0 Å². The van der Waals surface area contributed by atoms with E-state index in [9.17, 15) is 0 Å². The molecule has 1 N–H and O–H groups in total. The van der Waals surface area contributed by atoms with E-state index in [2.05, 4.69) is 29.1 Å². The average molecular weight is 314 g/mol. The number of likely N-dealkylation sites (N-methyl/N-ethyl adjacent to an activating group) is 1. The van der Waals surface area contributed by atoms with Gasteiger partial charge in [0.1, 0.15) is 0 Å². The normalized spacial score (nSPS) is 12.6. The highest BCUT2D eigenvalue weighted by Gasteiger charge is 2.11. The second-order valence-electron chi connectivity index (χ2n) is 4.54. The third-order valence-corrected chi connectivity index (χ3v) is 4.49. The van der Waals surface area contributed by atoms with Crippen LogP contribution in [0.25, 0.3) is 0 Å². The monoisotopic (exact) mass is 313 g/mol. The molecule has 0 aliphatic heterocycles. The van der Waals surface area contributed by atoms with Crippen LogP contribution in [-0.4, -0.2) is 12.6 Å². The van der Waals surface area contributed by atoms with Crippen LogP contribution in [-0.2, 0) is 12.8 Å². The molecule has 2 aromatic rings. The number of benzene rings is 1. The van der Waals surface area contributed by atoms with E-state index in [-0.39, 0.29) is 0 Å². The maximum atomic E-state index is 6.07. The topological polar surface area (TPSA) is 12.0 Å². The van der Waals surface area contributed by atoms with Crippen molar-refractivity contribution in [2.24, 2.45) is 0 Å². The summed E-state index contributed by atoms with van der Waals surface area (Å²) in [6.45, 7) is 3.10. The molecule has 0 spiro atoms. The number of halogens is 2. The number of hydrogen-bond donors (Lipinski definition) is 1. The van der Waals surface area contributed by atoms with Crippen molar-refractivity contribution in [3.63, 3.8) is 0 Å². The molecule has 0 aliphatic rings. The Balaban J connectivity index is 2.05. The molecule has 0 fully saturated rings. The Kier molecular flexibility index (Phi) is 5.71. The summed E-state index contributed by atoms with van der Waals surface area (Å²) in [5.41, 5.74) is 2.60. The average Bonchev–Trinajstić information content (AvgIpc) is 2.87. The molecule has 0 bridgehead atoms. The second-order valence-corrected chi connectivity index (χ2v) is 6.14. The Bertz CT molecular complexity index is 511. The molecule has 1 aromatic carbocycles. The lowest BCUT2D eigenvalue weighted by molar-refractivity contribution is 0.522. The van der Waals surface area contributed by atoms with E-state index in [1.165, 1.54) is 11.1 Å². The summed E-state index contributed by atoms with van der Waals surface area (Å²) in [4.78, 5) is 0. The van der Waals surface area contributed by atoms with Gasteiger partial charge in [0.15, 0.2) is 0 Å². The minimum Gasteiger partial charge on any atom is -0.314 e. The maximum absolute atomic E-state index is 6.07. The van der Waals surface area contributed by atoms with Crippen molar-refractivity contribution in [1.82, 2.24) is 5.32 Å². The predicted octanol–water partition coefficient (Wildman–Crippen LogP) is 4.82. The molecule has 1 nitrogen and oxygen atoms in total. The van der Waals surface area contributed by atoms with Crippen molar-refractivity contribution in [2.75, 3.05) is 6.54 Å². The predicted molar refractivity (Wildman–Crippen MR) is 85.7 cm³/mol. The van der Waals surface area contributed by atoms with Gasteiger partial charge in [0.2, 0.25) is 0 Å². The number of hydrogen-bond acceptors (Lipinski definition) is 2. The van der Waals surface area contributed by atoms with E-state index in [0.717, 1.165) is 19.4 Å². The summed E-state index contributed by atoms with van der Waals surface area (Å²) < 4.78 is 0. The van der Waals surface area contributed by atoms with Crippen molar-refractivity contribution in [2.45, 2.75) is 25.8 Å². The first kappa shape index (κ1) is 14.9. The van der Waals surface area contributed by atoms with Crippen LogP contribution in [0.15, 0.2) is 35.0 Å². The molecule has 19 heavy (non-hydrogen) atoms. The summed E-state index contributed by atoms with van der Waals surface area (Å²) >= 11 is 13.8. The first-order chi connectivity index (χ1) is 9.19. The third kappa shape index (κ3) is 4.50. The lowest BCUT2D eigenvalue weighted by Gasteiger charge is -2.17. The van der Waals surface area contributed by atoms with Gasteiger partial charge in [-0.05, 0) is 59.5 Å². The molecular formula is C15H17Cl2NS. The Morgan fingerprint density at radius 2 is 1.89 bits per heavy atom. The van der Waals surface area contributed by atoms with Crippen LogP contribution in [0.1, 0.15) is 18.1 Å². The van der Waals surface area contributed by atoms with Gasteiger partial charge in [-0.15, -0.1) is 0 Å². The fraction of sp³-hybridized carbons (Fsp3) is 0.333. The van der Waals surface area contributed by atoms with Crippen LogP contribution in [0.2, 0.25) is 10.0 Å². The first-order valence-electron chi connectivity index (χ1n) is 6.37. The summed E-state index contributed by atoms with van der Waals surface area (Å²) in [7, 11) is 0. The molecule has 1 unspecified atom stereocenters. The Morgan fingerprint density at radius 1 is 1.11 bits per heavy atom. The molecule has 2 rings (SSSR count). The Hall–Kier alpha value is -0.540. The zero-order valence-corrected chi connectivity index (χ0v) is 13.2. The largest absolute Gasteiger partial charge is 0.314 e. The molecule has 1 aromatic heterocycles. The molecule has 0 saturated heterocycles. The highest BCUT2D eigenvalue weighted by atomic mass is 35.5. The lowest BCUT2D eigenvalue weighted by atomic mass is 10.0. The third-order valence-electron chi connectivity index (χ3n) is 3.02. The van der Waals surface area contributed by atoms with E-state index >= 15 is 0 Å². The van der Waals surface area contributed by atoms with Gasteiger partial charge in [-0.25, -0.2) is 0 Å². The molecular weight excluding hydrogens is 297 g/mol. The van der Waals surface area contributed by atoms with Crippen LogP contribution in [0.5, 0.6) is 0 Å². The van der Waals surface area contributed by atoms with Gasteiger partial charge in [0.25, 0.3) is 0 Å². The van der Waals surface area contributed by atoms with Crippen LogP contribution in [0.3, 0.4) is 0 Å². The highest BCUT2D eigenvalue weighted by Crippen LogP contribution is 2.23. The standard InChI is InChI=1S/C15H17Cl2NS/c1-2-18-13(8-12-5-6-19-10-12)7-11-3-4-14(16)15(17)9-11/h3-6,9-10,13,18H,2,7-8H2,1H3. The highest BCUT2D eigenvalue weighted by molar-refractivity contribution is 7.07. The molecule has 1 atom stereocenters. The van der Waals surface area contributed by atoms with Crippen LogP contribution in [0.4, 0.5) is 0 Å². The molecule has 102 valence electrons. The summed E-state index contributed by atoms with van der Waals surface area (Å²) in [6.07, 6.45) is 2.00. The van der Waals surface area contributed by atoms with Crippen molar-refractivity contribution in [3.8, 4) is 0 Å². The minimum absolute atomic E-state index is 0.428. The second kappa shape index (κ2) is 7.30. The smallest absolute Gasteiger partial charge is 0.0595 e. The van der Waals surface area contributed by atoms with Crippen LogP contribution >= 0.6 is 34.5 Å². The van der Waals surface area contributed by atoms with Gasteiger partial charge in [0.05, 0.1) is 10.0 Å². The molecule has 0 saturated carbocycles. The van der Waals surface area contributed by atoms with Gasteiger partial charge < -0.3 is 5.32 Å². The molecule has 0 radical (unpaired) electrons. The summed E-state index contributed by atoms with van der Waals surface area (Å²) in [5, 5.41) is 9.11. The van der Waals surface area contributed by atoms with Gasteiger partial charge in [-0.1, -0.05) is 36.2 Å². The number of thiophene rings is 1.